The number of carbonyl (C=O) groups excluding carboxylic acids is 1. The van der Waals surface area contributed by atoms with Gasteiger partial charge in [-0.05, 0) is 18.2 Å². The number of rotatable bonds is 3. The minimum absolute atomic E-state index is 0.00154. The Hall–Kier alpha value is -1.64. The summed E-state index contributed by atoms with van der Waals surface area (Å²) in [6, 6.07) is 3.46. The molecular formula is C11H8ClF6NO2. The summed E-state index contributed by atoms with van der Waals surface area (Å²) in [5, 5.41) is 1.53. The van der Waals surface area contributed by atoms with E-state index in [1.807, 2.05) is 0 Å². The van der Waals surface area contributed by atoms with Gasteiger partial charge in [-0.25, -0.2) is 0 Å². The molecule has 1 aromatic carbocycles. The molecule has 1 aromatic rings. The Morgan fingerprint density at radius 3 is 2.14 bits per heavy atom. The van der Waals surface area contributed by atoms with Crippen molar-refractivity contribution in [1.29, 1.82) is 0 Å². The minimum Gasteiger partial charge on any atom is -0.495 e. The quantitative estimate of drug-likeness (QED) is 0.847. The number of nitrogens with one attached hydrogen (secondary N) is 1. The summed E-state index contributed by atoms with van der Waals surface area (Å²) in [5.41, 5.74) is -0.395. The average Bonchev–Trinajstić information content (AvgIpc) is 2.24. The predicted molar refractivity (Wildman–Crippen MR) is 62.2 cm³/mol. The highest BCUT2D eigenvalue weighted by Gasteiger charge is 2.61. The number of anilines is 1. The molecule has 118 valence electrons. The maximum Gasteiger partial charge on any atom is 0.409 e. The normalized spacial score (nSPS) is 12.4. The van der Waals surface area contributed by atoms with Gasteiger partial charge in [0, 0.05) is 5.02 Å². The minimum atomic E-state index is -5.77. The average molecular weight is 336 g/mol. The summed E-state index contributed by atoms with van der Waals surface area (Å²) < 4.78 is 79.1. The number of methoxy groups -OCH3 is 1. The Balaban J connectivity index is 3.11. The third-order valence-corrected chi connectivity index (χ3v) is 2.57. The van der Waals surface area contributed by atoms with Crippen LogP contribution in [0.1, 0.15) is 0 Å². The maximum atomic E-state index is 12.4. The Bertz CT molecular complexity index is 514. The maximum absolute atomic E-state index is 12.4. The molecule has 0 saturated heterocycles. The summed E-state index contributed by atoms with van der Waals surface area (Å²) in [4.78, 5) is 11.3. The molecule has 0 saturated carbocycles. The van der Waals surface area contributed by atoms with E-state index in [0.29, 0.717) is 0 Å². The van der Waals surface area contributed by atoms with Gasteiger partial charge in [-0.2, -0.15) is 26.3 Å². The van der Waals surface area contributed by atoms with Gasteiger partial charge < -0.3 is 10.1 Å². The van der Waals surface area contributed by atoms with Gasteiger partial charge in [0.2, 0.25) is 11.8 Å². The molecule has 0 aliphatic carbocycles. The zero-order valence-corrected chi connectivity index (χ0v) is 11.0. The fraction of sp³-hybridized carbons (Fsp3) is 0.364. The van der Waals surface area contributed by atoms with E-state index in [-0.39, 0.29) is 10.8 Å². The van der Waals surface area contributed by atoms with Crippen LogP contribution in [0.15, 0.2) is 18.2 Å². The van der Waals surface area contributed by atoms with Gasteiger partial charge in [0.25, 0.3) is 0 Å². The molecule has 0 heterocycles. The monoisotopic (exact) mass is 335 g/mol. The Labute approximate surface area is 119 Å². The van der Waals surface area contributed by atoms with Crippen LogP contribution < -0.4 is 10.1 Å². The van der Waals surface area contributed by atoms with Crippen molar-refractivity contribution in [2.24, 2.45) is 5.92 Å². The van der Waals surface area contributed by atoms with Crippen molar-refractivity contribution in [2.75, 3.05) is 12.4 Å². The highest BCUT2D eigenvalue weighted by molar-refractivity contribution is 6.31. The van der Waals surface area contributed by atoms with E-state index in [4.69, 9.17) is 16.3 Å². The first-order valence-corrected chi connectivity index (χ1v) is 5.62. The zero-order chi connectivity index (χ0) is 16.4. The Kier molecular flexibility index (Phi) is 4.98. The second kappa shape index (κ2) is 6.00. The molecule has 0 fully saturated rings. The van der Waals surface area contributed by atoms with Crippen LogP contribution in [0, 0.1) is 5.92 Å². The highest BCUT2D eigenvalue weighted by Crippen LogP contribution is 2.40. The lowest BCUT2D eigenvalue weighted by atomic mass is 10.1. The van der Waals surface area contributed by atoms with Crippen molar-refractivity contribution >= 4 is 23.2 Å². The van der Waals surface area contributed by atoms with Crippen LogP contribution in [0.25, 0.3) is 0 Å². The number of benzene rings is 1. The van der Waals surface area contributed by atoms with Crippen LogP contribution in [0.2, 0.25) is 5.02 Å². The SMILES string of the molecule is COc1ccc(Cl)cc1NC(=O)C(C(F)(F)F)C(F)(F)F. The lowest BCUT2D eigenvalue weighted by Gasteiger charge is -2.22. The fourth-order valence-corrected chi connectivity index (χ4v) is 1.64. The van der Waals surface area contributed by atoms with Gasteiger partial charge >= 0.3 is 12.4 Å². The number of halogens is 7. The van der Waals surface area contributed by atoms with Crippen molar-refractivity contribution in [3.63, 3.8) is 0 Å². The van der Waals surface area contributed by atoms with E-state index in [1.165, 1.54) is 17.4 Å². The first kappa shape index (κ1) is 17.4. The van der Waals surface area contributed by atoms with Crippen LogP contribution in [-0.4, -0.2) is 25.4 Å². The van der Waals surface area contributed by atoms with Gasteiger partial charge in [-0.3, -0.25) is 4.79 Å². The fourth-order valence-electron chi connectivity index (χ4n) is 1.47. The van der Waals surface area contributed by atoms with Gasteiger partial charge in [0.15, 0.2) is 0 Å². The molecule has 0 aliphatic rings. The van der Waals surface area contributed by atoms with Gasteiger partial charge in [-0.1, -0.05) is 11.6 Å². The molecule has 10 heteroatoms. The molecule has 0 bridgehead atoms. The van der Waals surface area contributed by atoms with Gasteiger partial charge in [0.05, 0.1) is 12.8 Å². The predicted octanol–water partition coefficient (Wildman–Crippen LogP) is 4.03. The van der Waals surface area contributed by atoms with E-state index in [9.17, 15) is 31.1 Å². The summed E-state index contributed by atoms with van der Waals surface area (Å²) in [7, 11) is 1.13. The topological polar surface area (TPSA) is 38.3 Å². The van der Waals surface area contributed by atoms with E-state index in [1.54, 1.807) is 0 Å². The van der Waals surface area contributed by atoms with Crippen LogP contribution in [-0.2, 0) is 4.79 Å². The van der Waals surface area contributed by atoms with Crippen molar-refractivity contribution in [3.05, 3.63) is 23.2 Å². The molecule has 1 N–H and O–H groups in total. The number of carbonyl (C=O) groups is 1. The molecule has 0 spiro atoms. The van der Waals surface area contributed by atoms with E-state index in [2.05, 4.69) is 0 Å². The van der Waals surface area contributed by atoms with Crippen molar-refractivity contribution in [1.82, 2.24) is 0 Å². The van der Waals surface area contributed by atoms with Crippen LogP contribution in [0.3, 0.4) is 0 Å². The number of hydrogen-bond acceptors (Lipinski definition) is 2. The second-order valence-electron chi connectivity index (χ2n) is 3.85. The van der Waals surface area contributed by atoms with Crippen molar-refractivity contribution in [3.8, 4) is 5.75 Å². The molecule has 1 rings (SSSR count). The lowest BCUT2D eigenvalue weighted by molar-refractivity contribution is -0.272. The standard InChI is InChI=1S/C11H8ClF6NO2/c1-21-7-3-2-5(12)4-6(7)19-9(20)8(10(13,14)15)11(16,17)18/h2-4,8H,1H3,(H,19,20). The number of alkyl halides is 6. The van der Waals surface area contributed by atoms with Gasteiger partial charge in [0.1, 0.15) is 5.75 Å². The molecule has 3 nitrogen and oxygen atoms in total. The van der Waals surface area contributed by atoms with E-state index >= 15 is 0 Å². The van der Waals surface area contributed by atoms with Crippen molar-refractivity contribution in [2.45, 2.75) is 12.4 Å². The lowest BCUT2D eigenvalue weighted by Crippen LogP contribution is -2.45. The molecule has 0 unspecified atom stereocenters. The highest BCUT2D eigenvalue weighted by atomic mass is 35.5. The second-order valence-corrected chi connectivity index (χ2v) is 4.29. The summed E-state index contributed by atoms with van der Waals surface area (Å²) in [5.74, 6) is -6.54. The molecule has 0 aliphatic heterocycles. The third-order valence-electron chi connectivity index (χ3n) is 2.34. The molecule has 0 aromatic heterocycles. The van der Waals surface area contributed by atoms with Gasteiger partial charge in [-0.15, -0.1) is 0 Å². The molecule has 1 amide bonds. The molecular weight excluding hydrogens is 328 g/mol. The summed E-state index contributed by atoms with van der Waals surface area (Å²) in [6.45, 7) is 0. The Morgan fingerprint density at radius 1 is 1.19 bits per heavy atom. The Morgan fingerprint density at radius 2 is 1.71 bits per heavy atom. The smallest absolute Gasteiger partial charge is 0.409 e. The van der Waals surface area contributed by atoms with Crippen molar-refractivity contribution < 1.29 is 35.9 Å². The summed E-state index contributed by atoms with van der Waals surface area (Å²) >= 11 is 5.57. The van der Waals surface area contributed by atoms with Crippen LogP contribution >= 0.6 is 11.6 Å². The summed E-state index contributed by atoms with van der Waals surface area (Å²) in [6.07, 6.45) is -11.5. The van der Waals surface area contributed by atoms with E-state index in [0.717, 1.165) is 13.2 Å². The zero-order valence-electron chi connectivity index (χ0n) is 10.3. The number of hydrogen-bond donors (Lipinski definition) is 1. The third kappa shape index (κ3) is 4.42. The number of ether oxygens (including phenoxy) is 1. The molecule has 0 atom stereocenters. The van der Waals surface area contributed by atoms with Crippen LogP contribution in [0.4, 0.5) is 32.0 Å². The molecule has 0 radical (unpaired) electrons. The van der Waals surface area contributed by atoms with Crippen LogP contribution in [0.5, 0.6) is 5.75 Å². The largest absolute Gasteiger partial charge is 0.495 e. The first-order valence-electron chi connectivity index (χ1n) is 5.24. The van der Waals surface area contributed by atoms with E-state index < -0.39 is 29.9 Å². The first-order chi connectivity index (χ1) is 9.46. The number of amides is 1. The molecule has 21 heavy (non-hydrogen) atoms.